The van der Waals surface area contributed by atoms with E-state index in [0.29, 0.717) is 30.9 Å². The van der Waals surface area contributed by atoms with Gasteiger partial charge in [-0.1, -0.05) is 0 Å². The number of nitrogens with zero attached hydrogens (tertiary/aromatic N) is 2. The molecule has 3 heterocycles. The van der Waals surface area contributed by atoms with Gasteiger partial charge in [-0.25, -0.2) is 9.18 Å². The summed E-state index contributed by atoms with van der Waals surface area (Å²) in [5.74, 6) is -1.62. The molecule has 2 N–H and O–H groups in total. The Morgan fingerprint density at radius 2 is 2.03 bits per heavy atom. The molecular weight excluding hydrogens is 417 g/mol. The van der Waals surface area contributed by atoms with Gasteiger partial charge < -0.3 is 29.4 Å². The number of piperidine rings is 2. The van der Waals surface area contributed by atoms with E-state index in [2.05, 4.69) is 5.32 Å². The van der Waals surface area contributed by atoms with Gasteiger partial charge in [-0.15, -0.1) is 0 Å². The summed E-state index contributed by atoms with van der Waals surface area (Å²) in [4.78, 5) is 26.6. The zero-order chi connectivity index (χ0) is 22.8. The Kier molecular flexibility index (Phi) is 4.76. The van der Waals surface area contributed by atoms with Gasteiger partial charge in [0.05, 0.1) is 24.6 Å². The molecule has 4 aliphatic rings. The molecule has 2 bridgehead atoms. The molecule has 1 aromatic carbocycles. The normalized spacial score (nSPS) is 26.8. The number of anilines is 1. The SMILES string of the molecule is CNC12CN(c3c(F)cc4c(=O)c(C(=O)O)cn(C5CC5)c4c3OC)CC(COC)(C1)C2. The topological polar surface area (TPSA) is 93.0 Å². The van der Waals surface area contributed by atoms with Gasteiger partial charge in [0.25, 0.3) is 0 Å². The number of carboxylic acids is 1. The maximum atomic E-state index is 15.6. The van der Waals surface area contributed by atoms with Crippen LogP contribution < -0.4 is 20.4 Å². The van der Waals surface area contributed by atoms with E-state index in [4.69, 9.17) is 9.47 Å². The summed E-state index contributed by atoms with van der Waals surface area (Å²) in [6.07, 6.45) is 5.02. The van der Waals surface area contributed by atoms with E-state index < -0.39 is 17.2 Å². The van der Waals surface area contributed by atoms with Crippen molar-refractivity contribution in [2.45, 2.75) is 37.3 Å². The molecule has 2 saturated heterocycles. The Morgan fingerprint density at radius 1 is 1.31 bits per heavy atom. The molecule has 9 heteroatoms. The average Bonchev–Trinajstić information content (AvgIpc) is 3.57. The number of carbonyl (C=O) groups is 1. The molecule has 0 unspecified atom stereocenters. The number of ether oxygens (including phenoxy) is 2. The number of pyridine rings is 1. The maximum absolute atomic E-state index is 15.6. The first kappa shape index (κ1) is 21.2. The van der Waals surface area contributed by atoms with Crippen molar-refractivity contribution in [3.8, 4) is 5.75 Å². The van der Waals surface area contributed by atoms with Crippen molar-refractivity contribution in [1.29, 1.82) is 0 Å². The van der Waals surface area contributed by atoms with Gasteiger partial charge in [0, 0.05) is 43.4 Å². The molecule has 0 amide bonds. The number of methoxy groups -OCH3 is 2. The van der Waals surface area contributed by atoms with Crippen LogP contribution in [0.25, 0.3) is 10.9 Å². The largest absolute Gasteiger partial charge is 0.492 e. The predicted molar refractivity (Wildman–Crippen MR) is 117 cm³/mol. The second-order valence-corrected chi connectivity index (χ2v) is 9.62. The number of fused-ring (bicyclic) bond motifs is 3. The molecule has 2 saturated carbocycles. The monoisotopic (exact) mass is 445 g/mol. The van der Waals surface area contributed by atoms with Gasteiger partial charge in [-0.05, 0) is 38.8 Å². The van der Waals surface area contributed by atoms with Gasteiger partial charge >= 0.3 is 5.97 Å². The molecule has 4 fully saturated rings. The van der Waals surface area contributed by atoms with Crippen LogP contribution in [0.4, 0.5) is 10.1 Å². The minimum Gasteiger partial charge on any atom is -0.492 e. The fraction of sp³-hybridized carbons (Fsp3) is 0.565. The van der Waals surface area contributed by atoms with Crippen molar-refractivity contribution < 1.29 is 23.8 Å². The first-order valence-electron chi connectivity index (χ1n) is 10.9. The second-order valence-electron chi connectivity index (χ2n) is 9.62. The van der Waals surface area contributed by atoms with E-state index in [1.54, 1.807) is 11.7 Å². The zero-order valence-electron chi connectivity index (χ0n) is 18.5. The zero-order valence-corrected chi connectivity index (χ0v) is 18.5. The first-order valence-corrected chi connectivity index (χ1v) is 10.9. The molecule has 0 spiro atoms. The van der Waals surface area contributed by atoms with E-state index in [0.717, 1.165) is 25.7 Å². The Labute approximate surface area is 184 Å². The number of hydrogen-bond acceptors (Lipinski definition) is 6. The number of aromatic nitrogens is 1. The summed E-state index contributed by atoms with van der Waals surface area (Å²) < 4.78 is 28.6. The summed E-state index contributed by atoms with van der Waals surface area (Å²) in [5, 5.41) is 13.0. The molecule has 6 rings (SSSR count). The molecular formula is C23H28FN3O5. The van der Waals surface area contributed by atoms with Crippen molar-refractivity contribution in [3.05, 3.63) is 33.9 Å². The number of benzene rings is 1. The van der Waals surface area contributed by atoms with Crippen LogP contribution in [0.15, 0.2) is 17.1 Å². The lowest BCUT2D eigenvalue weighted by Gasteiger charge is -2.64. The maximum Gasteiger partial charge on any atom is 0.341 e. The fourth-order valence-electron chi connectivity index (χ4n) is 6.03. The third-order valence-electron chi connectivity index (χ3n) is 7.32. The number of nitrogens with one attached hydrogen (secondary N) is 1. The van der Waals surface area contributed by atoms with Crippen LogP contribution in [-0.4, -0.2) is 62.1 Å². The number of likely N-dealkylation sites (N-methyl/N-ethyl adjacent to an activating group) is 1. The summed E-state index contributed by atoms with van der Waals surface area (Å²) in [7, 11) is 5.07. The number of hydrogen-bond donors (Lipinski definition) is 2. The quantitative estimate of drug-likeness (QED) is 0.676. The van der Waals surface area contributed by atoms with Gasteiger partial charge in [-0.3, -0.25) is 4.79 Å². The molecule has 2 aliphatic carbocycles. The highest BCUT2D eigenvalue weighted by molar-refractivity contribution is 5.97. The molecule has 1 aromatic heterocycles. The summed E-state index contributed by atoms with van der Waals surface area (Å²) in [5.41, 5.74) is -0.488. The molecule has 8 nitrogen and oxygen atoms in total. The predicted octanol–water partition coefficient (Wildman–Crippen LogP) is 2.39. The van der Waals surface area contributed by atoms with Crippen molar-refractivity contribution in [3.63, 3.8) is 0 Å². The molecule has 32 heavy (non-hydrogen) atoms. The van der Waals surface area contributed by atoms with Gasteiger partial charge in [0.2, 0.25) is 5.43 Å². The summed E-state index contributed by atoms with van der Waals surface area (Å²) in [6.45, 7) is 1.80. The molecule has 2 aliphatic heterocycles. The Balaban J connectivity index is 1.72. The van der Waals surface area contributed by atoms with E-state index in [-0.39, 0.29) is 33.7 Å². The van der Waals surface area contributed by atoms with Gasteiger partial charge in [-0.2, -0.15) is 0 Å². The van der Waals surface area contributed by atoms with Crippen molar-refractivity contribution in [2.75, 3.05) is 45.9 Å². The van der Waals surface area contributed by atoms with Crippen molar-refractivity contribution in [1.82, 2.24) is 9.88 Å². The van der Waals surface area contributed by atoms with Crippen LogP contribution in [0.2, 0.25) is 0 Å². The number of carboxylic acid groups (broad SMARTS) is 1. The van der Waals surface area contributed by atoms with Crippen LogP contribution in [-0.2, 0) is 4.74 Å². The first-order chi connectivity index (χ1) is 15.3. The summed E-state index contributed by atoms with van der Waals surface area (Å²) in [6, 6.07) is 1.25. The number of halogens is 1. The molecule has 0 radical (unpaired) electrons. The van der Waals surface area contributed by atoms with Crippen LogP contribution in [0, 0.1) is 11.2 Å². The van der Waals surface area contributed by atoms with Crippen molar-refractivity contribution >= 4 is 22.6 Å². The average molecular weight is 445 g/mol. The fourth-order valence-corrected chi connectivity index (χ4v) is 6.03. The molecule has 172 valence electrons. The lowest BCUT2D eigenvalue weighted by Crippen LogP contribution is -2.73. The van der Waals surface area contributed by atoms with Crippen LogP contribution >= 0.6 is 0 Å². The minimum atomic E-state index is -1.32. The van der Waals surface area contributed by atoms with E-state index in [1.807, 2.05) is 11.9 Å². The Morgan fingerprint density at radius 3 is 2.59 bits per heavy atom. The molecule has 0 atom stereocenters. The third kappa shape index (κ3) is 3.02. The van der Waals surface area contributed by atoms with Crippen LogP contribution in [0.1, 0.15) is 42.1 Å². The second kappa shape index (κ2) is 7.18. The minimum absolute atomic E-state index is 0.0343. The Bertz CT molecular complexity index is 1170. The van der Waals surface area contributed by atoms with Gasteiger partial charge in [0.15, 0.2) is 11.6 Å². The third-order valence-corrected chi connectivity index (χ3v) is 7.32. The highest BCUT2D eigenvalue weighted by Gasteiger charge is 2.59. The number of aromatic carboxylic acids is 1. The molecule has 2 aromatic rings. The smallest absolute Gasteiger partial charge is 0.341 e. The van der Waals surface area contributed by atoms with E-state index in [1.165, 1.54) is 19.4 Å². The van der Waals surface area contributed by atoms with Gasteiger partial charge in [0.1, 0.15) is 11.3 Å². The van der Waals surface area contributed by atoms with E-state index in [9.17, 15) is 14.7 Å². The highest BCUT2D eigenvalue weighted by Crippen LogP contribution is 2.55. The number of rotatable bonds is 7. The highest BCUT2D eigenvalue weighted by atomic mass is 19.1. The van der Waals surface area contributed by atoms with Crippen molar-refractivity contribution in [2.24, 2.45) is 5.41 Å². The van der Waals surface area contributed by atoms with Crippen LogP contribution in [0.5, 0.6) is 5.75 Å². The Hall–Kier alpha value is -2.65. The summed E-state index contributed by atoms with van der Waals surface area (Å²) >= 11 is 0. The van der Waals surface area contributed by atoms with Crippen LogP contribution in [0.3, 0.4) is 0 Å². The lowest BCUT2D eigenvalue weighted by molar-refractivity contribution is -0.0666. The standard InChI is InChI=1S/C23H28FN3O5/c1-25-23-8-22(9-23,12-31-2)10-26(11-23)18-16(24)6-14-17(20(18)32-3)27(13-4-5-13)7-15(19(14)28)21(29)30/h6-7,13,25H,4-5,8-12H2,1-3H3,(H,29,30). The lowest BCUT2D eigenvalue weighted by atomic mass is 9.54. The van der Waals surface area contributed by atoms with E-state index >= 15 is 4.39 Å².